The summed E-state index contributed by atoms with van der Waals surface area (Å²) in [5.41, 5.74) is -1.50. The van der Waals surface area contributed by atoms with Gasteiger partial charge in [0.05, 0.1) is 10.5 Å². The molecule has 0 spiro atoms. The van der Waals surface area contributed by atoms with Crippen molar-refractivity contribution >= 4 is 10.0 Å². The van der Waals surface area contributed by atoms with Crippen LogP contribution in [0.2, 0.25) is 0 Å². The second-order valence-electron chi connectivity index (χ2n) is 5.20. The second-order valence-corrected chi connectivity index (χ2v) is 6.94. The van der Waals surface area contributed by atoms with Crippen molar-refractivity contribution in [2.24, 2.45) is 5.92 Å². The lowest BCUT2D eigenvalue weighted by atomic mass is 10.0. The molecule has 1 aromatic rings. The molecule has 1 heterocycles. The van der Waals surface area contributed by atoms with Crippen molar-refractivity contribution in [3.63, 3.8) is 0 Å². The molecule has 1 aliphatic heterocycles. The number of hydrogen-bond acceptors (Lipinski definition) is 3. The van der Waals surface area contributed by atoms with Gasteiger partial charge >= 0.3 is 6.18 Å². The number of nitrogens with one attached hydrogen (secondary N) is 2. The minimum Gasteiger partial charge on any atom is -0.316 e. The van der Waals surface area contributed by atoms with E-state index in [-0.39, 0.29) is 18.5 Å². The van der Waals surface area contributed by atoms with Gasteiger partial charge in [0.2, 0.25) is 10.0 Å². The minimum atomic E-state index is -4.95. The third-order valence-corrected chi connectivity index (χ3v) is 4.98. The summed E-state index contributed by atoms with van der Waals surface area (Å²) in [7, 11) is -4.35. The fourth-order valence-corrected chi connectivity index (χ4v) is 3.68. The molecule has 1 aromatic carbocycles. The van der Waals surface area contributed by atoms with E-state index in [0.29, 0.717) is 18.7 Å². The Bertz CT molecular complexity index is 625. The fraction of sp³-hybridized carbons (Fsp3) is 0.538. The van der Waals surface area contributed by atoms with Gasteiger partial charge in [0.1, 0.15) is 5.82 Å². The molecule has 0 aromatic heterocycles. The molecule has 0 saturated carbocycles. The van der Waals surface area contributed by atoms with Gasteiger partial charge in [-0.25, -0.2) is 17.5 Å². The van der Waals surface area contributed by atoms with Crippen LogP contribution in [-0.4, -0.2) is 28.1 Å². The van der Waals surface area contributed by atoms with Gasteiger partial charge in [-0.15, -0.1) is 0 Å². The van der Waals surface area contributed by atoms with Crippen molar-refractivity contribution in [1.82, 2.24) is 10.0 Å². The summed E-state index contributed by atoms with van der Waals surface area (Å²) in [6, 6.07) is 1.53. The van der Waals surface area contributed by atoms with Crippen molar-refractivity contribution in [2.45, 2.75) is 23.9 Å². The molecule has 9 heteroatoms. The molecule has 0 radical (unpaired) electrons. The maximum absolute atomic E-state index is 13.0. The Morgan fingerprint density at radius 3 is 2.64 bits per heavy atom. The van der Waals surface area contributed by atoms with E-state index in [1.165, 1.54) is 0 Å². The molecule has 1 fully saturated rings. The van der Waals surface area contributed by atoms with Gasteiger partial charge in [0.25, 0.3) is 0 Å². The topological polar surface area (TPSA) is 58.2 Å². The lowest BCUT2D eigenvalue weighted by Gasteiger charge is -2.23. The largest absolute Gasteiger partial charge is 0.417 e. The van der Waals surface area contributed by atoms with Crippen molar-refractivity contribution in [1.29, 1.82) is 0 Å². The van der Waals surface area contributed by atoms with Crippen LogP contribution in [0.1, 0.15) is 18.4 Å². The zero-order chi connectivity index (χ0) is 16.4. The number of rotatable bonds is 4. The van der Waals surface area contributed by atoms with Crippen LogP contribution in [0.5, 0.6) is 0 Å². The zero-order valence-electron chi connectivity index (χ0n) is 11.6. The Balaban J connectivity index is 2.21. The Hall–Kier alpha value is -1.19. The van der Waals surface area contributed by atoms with Crippen LogP contribution in [0.4, 0.5) is 17.6 Å². The Morgan fingerprint density at radius 1 is 1.32 bits per heavy atom. The fourth-order valence-electron chi connectivity index (χ4n) is 2.36. The first-order valence-electron chi connectivity index (χ1n) is 6.77. The van der Waals surface area contributed by atoms with Gasteiger partial charge < -0.3 is 5.32 Å². The molecular formula is C13H16F4N2O2S. The molecule has 2 N–H and O–H groups in total. The van der Waals surface area contributed by atoms with E-state index in [1.54, 1.807) is 0 Å². The average molecular weight is 340 g/mol. The van der Waals surface area contributed by atoms with Gasteiger partial charge in [-0.2, -0.15) is 13.2 Å². The molecule has 22 heavy (non-hydrogen) atoms. The summed E-state index contributed by atoms with van der Waals surface area (Å²) >= 11 is 0. The summed E-state index contributed by atoms with van der Waals surface area (Å²) in [6.07, 6.45) is -3.26. The van der Waals surface area contributed by atoms with Gasteiger partial charge in [0.15, 0.2) is 0 Å². The number of alkyl halides is 3. The van der Waals surface area contributed by atoms with Crippen molar-refractivity contribution < 1.29 is 26.0 Å². The predicted octanol–water partition coefficient (Wildman–Crippen LogP) is 2.12. The van der Waals surface area contributed by atoms with Gasteiger partial charge in [0, 0.05) is 6.54 Å². The summed E-state index contributed by atoms with van der Waals surface area (Å²) < 4.78 is 78.1. The van der Waals surface area contributed by atoms with Crippen LogP contribution in [-0.2, 0) is 16.2 Å². The predicted molar refractivity (Wildman–Crippen MR) is 72.2 cm³/mol. The van der Waals surface area contributed by atoms with E-state index in [1.807, 2.05) is 0 Å². The highest BCUT2D eigenvalue weighted by Gasteiger charge is 2.37. The van der Waals surface area contributed by atoms with E-state index < -0.39 is 32.5 Å². The third-order valence-electron chi connectivity index (χ3n) is 3.50. The van der Waals surface area contributed by atoms with Crippen molar-refractivity contribution in [2.75, 3.05) is 19.6 Å². The quantitative estimate of drug-likeness (QED) is 0.826. The number of benzene rings is 1. The zero-order valence-corrected chi connectivity index (χ0v) is 12.4. The van der Waals surface area contributed by atoms with Gasteiger partial charge in [-0.1, -0.05) is 0 Å². The third kappa shape index (κ3) is 4.17. The van der Waals surface area contributed by atoms with Crippen LogP contribution < -0.4 is 10.0 Å². The van der Waals surface area contributed by atoms with Gasteiger partial charge in [-0.05, 0) is 50.0 Å². The molecule has 0 aliphatic carbocycles. The highest BCUT2D eigenvalue weighted by Crippen LogP contribution is 2.34. The van der Waals surface area contributed by atoms with E-state index in [2.05, 4.69) is 10.0 Å². The standard InChI is InChI=1S/C13H16F4N2O2S/c14-10-3-4-12(11(6-10)13(15,16)17)22(20,21)19-8-9-2-1-5-18-7-9/h3-4,6,9,18-19H,1-2,5,7-8H2/t9-/m0/s1. The summed E-state index contributed by atoms with van der Waals surface area (Å²) in [5.74, 6) is -1.11. The Labute approximate surface area is 126 Å². The first-order chi connectivity index (χ1) is 10.2. The first-order valence-corrected chi connectivity index (χ1v) is 8.25. The molecule has 2 rings (SSSR count). The SMILES string of the molecule is O=S(=O)(NC[C@H]1CCCNC1)c1ccc(F)cc1C(F)(F)F. The highest BCUT2D eigenvalue weighted by atomic mass is 32.2. The van der Waals surface area contributed by atoms with Crippen LogP contribution in [0, 0.1) is 11.7 Å². The molecule has 1 aliphatic rings. The van der Waals surface area contributed by atoms with E-state index in [4.69, 9.17) is 0 Å². The number of hydrogen-bond donors (Lipinski definition) is 2. The molecule has 0 amide bonds. The van der Waals surface area contributed by atoms with Crippen LogP contribution >= 0.6 is 0 Å². The molecule has 1 atom stereocenters. The van der Waals surface area contributed by atoms with Gasteiger partial charge in [-0.3, -0.25) is 0 Å². The van der Waals surface area contributed by atoms with Crippen LogP contribution in [0.3, 0.4) is 0 Å². The minimum absolute atomic E-state index is 0.0262. The number of sulfonamides is 1. The molecule has 0 unspecified atom stereocenters. The summed E-state index contributed by atoms with van der Waals surface area (Å²) in [4.78, 5) is -0.954. The van der Waals surface area contributed by atoms with Crippen LogP contribution in [0.25, 0.3) is 0 Å². The lowest BCUT2D eigenvalue weighted by Crippen LogP contribution is -2.38. The highest BCUT2D eigenvalue weighted by molar-refractivity contribution is 7.89. The number of piperidine rings is 1. The monoisotopic (exact) mass is 340 g/mol. The van der Waals surface area contributed by atoms with E-state index in [0.717, 1.165) is 19.4 Å². The normalized spacial score (nSPS) is 20.1. The van der Waals surface area contributed by atoms with Crippen LogP contribution in [0.15, 0.2) is 23.1 Å². The summed E-state index contributed by atoms with van der Waals surface area (Å²) in [5, 5.41) is 3.09. The molecule has 0 bridgehead atoms. The molecule has 1 saturated heterocycles. The van der Waals surface area contributed by atoms with E-state index >= 15 is 0 Å². The van der Waals surface area contributed by atoms with Crippen molar-refractivity contribution in [3.8, 4) is 0 Å². The smallest absolute Gasteiger partial charge is 0.316 e. The maximum atomic E-state index is 13.0. The average Bonchev–Trinajstić information content (AvgIpc) is 2.45. The molecular weight excluding hydrogens is 324 g/mol. The Kier molecular flexibility index (Phi) is 5.08. The van der Waals surface area contributed by atoms with E-state index in [9.17, 15) is 26.0 Å². The Morgan fingerprint density at radius 2 is 2.05 bits per heavy atom. The lowest BCUT2D eigenvalue weighted by molar-refractivity contribution is -0.140. The van der Waals surface area contributed by atoms with Crippen molar-refractivity contribution in [3.05, 3.63) is 29.6 Å². The molecule has 4 nitrogen and oxygen atoms in total. The second kappa shape index (κ2) is 6.51. The molecule has 124 valence electrons. The first kappa shape index (κ1) is 17.2. The number of halogens is 4. The maximum Gasteiger partial charge on any atom is 0.417 e. The summed E-state index contributed by atoms with van der Waals surface area (Å²) in [6.45, 7) is 1.50.